The van der Waals surface area contributed by atoms with Gasteiger partial charge in [-0.3, -0.25) is 4.79 Å². The van der Waals surface area contributed by atoms with Gasteiger partial charge >= 0.3 is 0 Å². The molecular weight excluding hydrogens is 286 g/mol. The molecule has 0 aliphatic carbocycles. The van der Waals surface area contributed by atoms with Crippen LogP contribution in [0.25, 0.3) is 0 Å². The molecule has 0 saturated carbocycles. The number of nitrogens with zero attached hydrogens (tertiary/aromatic N) is 1. The molecule has 1 aromatic rings. The number of ether oxygens (including phenoxy) is 1. The van der Waals surface area contributed by atoms with E-state index in [1.165, 1.54) is 12.8 Å². The predicted molar refractivity (Wildman–Crippen MR) is 89.4 cm³/mol. The van der Waals surface area contributed by atoms with Crippen LogP contribution in [-0.4, -0.2) is 24.9 Å². The Labute approximate surface area is 133 Å². The summed E-state index contributed by atoms with van der Waals surface area (Å²) in [6.45, 7) is 7.33. The summed E-state index contributed by atoms with van der Waals surface area (Å²) in [7, 11) is 0. The summed E-state index contributed by atoms with van der Waals surface area (Å²) in [4.78, 5) is 14.1. The van der Waals surface area contributed by atoms with Crippen molar-refractivity contribution in [3.63, 3.8) is 0 Å². The van der Waals surface area contributed by atoms with Gasteiger partial charge in [-0.1, -0.05) is 32.8 Å². The molecule has 0 spiro atoms. The molecule has 3 nitrogen and oxygen atoms in total. The molecule has 1 unspecified atom stereocenters. The number of carbonyl (C=O) groups is 1. The van der Waals surface area contributed by atoms with Crippen LogP contribution in [-0.2, 0) is 4.79 Å². The summed E-state index contributed by atoms with van der Waals surface area (Å²) in [6, 6.07) is 7.71. The molecule has 118 valence electrons. The smallest absolute Gasteiger partial charge is 0.231 e. The summed E-state index contributed by atoms with van der Waals surface area (Å²) < 4.78 is 5.75. The van der Waals surface area contributed by atoms with Crippen LogP contribution >= 0.6 is 11.6 Å². The van der Waals surface area contributed by atoms with E-state index in [4.69, 9.17) is 16.3 Å². The molecule has 0 aliphatic heterocycles. The molecule has 0 bridgehead atoms. The summed E-state index contributed by atoms with van der Waals surface area (Å²) in [5, 5.41) is 0. The van der Waals surface area contributed by atoms with Gasteiger partial charge in [-0.25, -0.2) is 0 Å². The minimum atomic E-state index is -0.180. The van der Waals surface area contributed by atoms with Gasteiger partial charge in [-0.15, -0.1) is 11.6 Å². The highest BCUT2D eigenvalue weighted by atomic mass is 35.5. The SMILES string of the molecule is CCCCCOc1cccc(N(CC)C(=O)C(C)CCl)c1. The average molecular weight is 312 g/mol. The van der Waals surface area contributed by atoms with Crippen molar-refractivity contribution in [2.45, 2.75) is 40.0 Å². The van der Waals surface area contributed by atoms with Gasteiger partial charge < -0.3 is 9.64 Å². The number of carbonyl (C=O) groups excluding carboxylic acids is 1. The summed E-state index contributed by atoms with van der Waals surface area (Å²) >= 11 is 5.79. The van der Waals surface area contributed by atoms with E-state index in [9.17, 15) is 4.79 Å². The second-order valence-electron chi connectivity index (χ2n) is 5.19. The molecule has 0 aliphatic rings. The lowest BCUT2D eigenvalue weighted by atomic mass is 10.1. The first-order chi connectivity index (χ1) is 10.1. The molecule has 4 heteroatoms. The highest BCUT2D eigenvalue weighted by molar-refractivity contribution is 6.19. The lowest BCUT2D eigenvalue weighted by Gasteiger charge is -2.24. The minimum Gasteiger partial charge on any atom is -0.494 e. The van der Waals surface area contributed by atoms with Crippen LogP contribution in [0.5, 0.6) is 5.75 Å². The van der Waals surface area contributed by atoms with E-state index in [1.807, 2.05) is 38.1 Å². The maximum absolute atomic E-state index is 12.3. The van der Waals surface area contributed by atoms with Crippen LogP contribution in [0.4, 0.5) is 5.69 Å². The first-order valence-corrected chi connectivity index (χ1v) is 8.27. The molecular formula is C17H26ClNO2. The zero-order chi connectivity index (χ0) is 15.7. The highest BCUT2D eigenvalue weighted by Crippen LogP contribution is 2.23. The van der Waals surface area contributed by atoms with Gasteiger partial charge in [0.25, 0.3) is 0 Å². The molecule has 0 saturated heterocycles. The summed E-state index contributed by atoms with van der Waals surface area (Å²) in [6.07, 6.45) is 3.41. The quantitative estimate of drug-likeness (QED) is 0.497. The zero-order valence-corrected chi connectivity index (χ0v) is 14.0. The number of hydrogen-bond donors (Lipinski definition) is 0. The number of alkyl halides is 1. The number of hydrogen-bond acceptors (Lipinski definition) is 2. The van der Waals surface area contributed by atoms with E-state index >= 15 is 0 Å². The highest BCUT2D eigenvalue weighted by Gasteiger charge is 2.20. The first-order valence-electron chi connectivity index (χ1n) is 7.74. The van der Waals surface area contributed by atoms with Crippen molar-refractivity contribution in [3.05, 3.63) is 24.3 Å². The van der Waals surface area contributed by atoms with Crippen LogP contribution in [0.1, 0.15) is 40.0 Å². The molecule has 0 radical (unpaired) electrons. The number of anilines is 1. The predicted octanol–water partition coefficient (Wildman–Crippen LogP) is 4.48. The Morgan fingerprint density at radius 2 is 2.10 bits per heavy atom. The van der Waals surface area contributed by atoms with E-state index in [-0.39, 0.29) is 11.8 Å². The molecule has 21 heavy (non-hydrogen) atoms. The zero-order valence-electron chi connectivity index (χ0n) is 13.3. The fourth-order valence-electron chi connectivity index (χ4n) is 2.08. The lowest BCUT2D eigenvalue weighted by molar-refractivity contribution is -0.121. The fourth-order valence-corrected chi connectivity index (χ4v) is 2.21. The van der Waals surface area contributed by atoms with E-state index in [2.05, 4.69) is 6.92 Å². The van der Waals surface area contributed by atoms with Crippen LogP contribution in [0, 0.1) is 5.92 Å². The van der Waals surface area contributed by atoms with Crippen molar-refractivity contribution in [2.75, 3.05) is 23.9 Å². The third-order valence-electron chi connectivity index (χ3n) is 3.38. The third-order valence-corrected chi connectivity index (χ3v) is 3.84. The van der Waals surface area contributed by atoms with E-state index in [1.54, 1.807) is 4.90 Å². The Morgan fingerprint density at radius 3 is 2.71 bits per heavy atom. The van der Waals surface area contributed by atoms with E-state index in [0.29, 0.717) is 12.4 Å². The second kappa shape index (κ2) is 9.67. The van der Waals surface area contributed by atoms with Crippen LogP contribution in [0.2, 0.25) is 0 Å². The maximum atomic E-state index is 12.3. The van der Waals surface area contributed by atoms with E-state index < -0.39 is 0 Å². The van der Waals surface area contributed by atoms with Crippen molar-refractivity contribution in [1.29, 1.82) is 0 Å². The first kappa shape index (κ1) is 17.8. The van der Waals surface area contributed by atoms with Crippen molar-refractivity contribution in [1.82, 2.24) is 0 Å². The Hall–Kier alpha value is -1.22. The number of benzene rings is 1. The number of amides is 1. The van der Waals surface area contributed by atoms with Gasteiger partial charge in [0.15, 0.2) is 0 Å². The van der Waals surface area contributed by atoms with Crippen molar-refractivity contribution in [2.24, 2.45) is 5.92 Å². The Morgan fingerprint density at radius 1 is 1.33 bits per heavy atom. The van der Waals surface area contributed by atoms with Gasteiger partial charge in [-0.2, -0.15) is 0 Å². The summed E-state index contributed by atoms with van der Waals surface area (Å²) in [5.41, 5.74) is 0.868. The third kappa shape index (κ3) is 5.58. The van der Waals surface area contributed by atoms with Gasteiger partial charge in [0.2, 0.25) is 5.91 Å². The molecule has 1 aromatic carbocycles. The van der Waals surface area contributed by atoms with Crippen molar-refractivity contribution < 1.29 is 9.53 Å². The van der Waals surface area contributed by atoms with Gasteiger partial charge in [0.1, 0.15) is 5.75 Å². The summed E-state index contributed by atoms with van der Waals surface area (Å²) in [5.74, 6) is 1.02. The number of rotatable bonds is 9. The Balaban J connectivity index is 2.74. The minimum absolute atomic E-state index is 0.0515. The lowest BCUT2D eigenvalue weighted by Crippen LogP contribution is -2.35. The van der Waals surface area contributed by atoms with Gasteiger partial charge in [0.05, 0.1) is 6.61 Å². The van der Waals surface area contributed by atoms with Crippen LogP contribution < -0.4 is 9.64 Å². The van der Waals surface area contributed by atoms with Crippen molar-refractivity contribution in [3.8, 4) is 5.75 Å². The molecule has 1 amide bonds. The van der Waals surface area contributed by atoms with Crippen molar-refractivity contribution >= 4 is 23.2 Å². The van der Waals surface area contributed by atoms with Crippen LogP contribution in [0.15, 0.2) is 24.3 Å². The molecule has 0 aromatic heterocycles. The topological polar surface area (TPSA) is 29.5 Å². The number of halogens is 1. The fraction of sp³-hybridized carbons (Fsp3) is 0.588. The molecule has 0 N–H and O–H groups in total. The molecule has 1 atom stereocenters. The largest absolute Gasteiger partial charge is 0.494 e. The monoisotopic (exact) mass is 311 g/mol. The normalized spacial score (nSPS) is 12.0. The molecule has 0 heterocycles. The van der Waals surface area contributed by atoms with E-state index in [0.717, 1.165) is 24.5 Å². The molecule has 0 fully saturated rings. The van der Waals surface area contributed by atoms with Crippen LogP contribution in [0.3, 0.4) is 0 Å². The molecule has 1 rings (SSSR count). The second-order valence-corrected chi connectivity index (χ2v) is 5.50. The number of unbranched alkanes of at least 4 members (excludes halogenated alkanes) is 2. The van der Waals surface area contributed by atoms with Gasteiger partial charge in [-0.05, 0) is 25.5 Å². The standard InChI is InChI=1S/C17H26ClNO2/c1-4-6-7-11-21-16-10-8-9-15(12-16)19(5-2)17(20)14(3)13-18/h8-10,12,14H,4-7,11,13H2,1-3H3. The maximum Gasteiger partial charge on any atom is 0.231 e. The Kier molecular flexibility index (Phi) is 8.21. The Bertz CT molecular complexity index is 437. The van der Waals surface area contributed by atoms with Gasteiger partial charge in [0, 0.05) is 30.1 Å². The average Bonchev–Trinajstić information content (AvgIpc) is 2.52.